The van der Waals surface area contributed by atoms with Crippen molar-refractivity contribution in [3.05, 3.63) is 71.0 Å². The molecule has 0 aliphatic carbocycles. The van der Waals surface area contributed by atoms with E-state index in [0.717, 1.165) is 6.07 Å². The summed E-state index contributed by atoms with van der Waals surface area (Å²) in [5.74, 6) is -0.494. The quantitative estimate of drug-likeness (QED) is 0.352. The van der Waals surface area contributed by atoms with E-state index in [0.29, 0.717) is 29.0 Å². The number of carbonyl (C=O) groups excluding carboxylic acids is 1. The number of hydrogen-bond donors (Lipinski definition) is 1. The minimum absolute atomic E-state index is 0.0160. The van der Waals surface area contributed by atoms with Crippen molar-refractivity contribution in [2.75, 3.05) is 38.7 Å². The zero-order chi connectivity index (χ0) is 28.7. The van der Waals surface area contributed by atoms with Gasteiger partial charge in [-0.15, -0.1) is 0 Å². The third-order valence-corrected chi connectivity index (χ3v) is 8.38. The van der Waals surface area contributed by atoms with Gasteiger partial charge in [-0.3, -0.25) is 4.79 Å². The van der Waals surface area contributed by atoms with Crippen LogP contribution >= 0.6 is 11.6 Å². The highest BCUT2D eigenvalue weighted by atomic mass is 35.5. The normalized spacial score (nSPS) is 14.8. The standard InChI is InChI=1S/C25H21ClF3N5O5S/c1-38-17-4-2-3-15(13-17)19-14-20(25(27,28)29)34-23(31-19)21(26)22(32-34)24(35)30-16-5-7-18(8-6-16)40(36,37)33-9-11-39-12-10-33/h2-8,13-14H,9-12H2,1H3,(H,30,35). The number of ether oxygens (including phenoxy) is 2. The number of rotatable bonds is 6. The highest BCUT2D eigenvalue weighted by Gasteiger charge is 2.37. The Labute approximate surface area is 231 Å². The lowest BCUT2D eigenvalue weighted by molar-refractivity contribution is -0.142. The van der Waals surface area contributed by atoms with Crippen LogP contribution in [0.25, 0.3) is 16.9 Å². The number of carbonyl (C=O) groups is 1. The van der Waals surface area contributed by atoms with Crippen LogP contribution in [0.3, 0.4) is 0 Å². The Kier molecular flexibility index (Phi) is 7.44. The van der Waals surface area contributed by atoms with Crippen molar-refractivity contribution in [2.45, 2.75) is 11.1 Å². The summed E-state index contributed by atoms with van der Waals surface area (Å²) < 4.78 is 79.7. The van der Waals surface area contributed by atoms with Gasteiger partial charge in [-0.2, -0.15) is 22.6 Å². The summed E-state index contributed by atoms with van der Waals surface area (Å²) in [4.78, 5) is 17.3. The molecule has 1 aliphatic rings. The number of nitrogens with zero attached hydrogens (tertiary/aromatic N) is 4. The lowest BCUT2D eigenvalue weighted by atomic mass is 10.1. The Bertz CT molecular complexity index is 1690. The van der Waals surface area contributed by atoms with Crippen LogP contribution in [0.2, 0.25) is 5.02 Å². The van der Waals surface area contributed by atoms with Gasteiger partial charge in [-0.1, -0.05) is 23.7 Å². The molecule has 15 heteroatoms. The van der Waals surface area contributed by atoms with Gasteiger partial charge >= 0.3 is 6.18 Å². The third-order valence-electron chi connectivity index (χ3n) is 6.12. The third kappa shape index (κ3) is 5.35. The smallest absolute Gasteiger partial charge is 0.433 e. The average Bonchev–Trinajstić information content (AvgIpc) is 3.29. The molecule has 2 aromatic carbocycles. The van der Waals surface area contributed by atoms with Crippen LogP contribution in [0.1, 0.15) is 16.2 Å². The second kappa shape index (κ2) is 10.7. The number of morpholine rings is 1. The lowest BCUT2D eigenvalue weighted by Crippen LogP contribution is -2.40. The van der Waals surface area contributed by atoms with Gasteiger partial charge in [0.2, 0.25) is 10.0 Å². The van der Waals surface area contributed by atoms with Gasteiger partial charge in [-0.05, 0) is 42.5 Å². The minimum atomic E-state index is -4.85. The first-order valence-electron chi connectivity index (χ1n) is 11.8. The molecule has 10 nitrogen and oxygen atoms in total. The first kappa shape index (κ1) is 27.8. The maximum atomic E-state index is 14.0. The topological polar surface area (TPSA) is 115 Å². The first-order valence-corrected chi connectivity index (χ1v) is 13.6. The number of anilines is 1. The van der Waals surface area contributed by atoms with Crippen LogP contribution in [0.4, 0.5) is 18.9 Å². The van der Waals surface area contributed by atoms with Crippen LogP contribution in [-0.2, 0) is 20.9 Å². The molecule has 3 heterocycles. The predicted molar refractivity (Wildman–Crippen MR) is 139 cm³/mol. The van der Waals surface area contributed by atoms with Gasteiger partial charge in [0.1, 0.15) is 10.8 Å². The van der Waals surface area contributed by atoms with E-state index in [-0.39, 0.29) is 40.0 Å². The number of benzene rings is 2. The summed E-state index contributed by atoms with van der Waals surface area (Å²) in [6, 6.07) is 12.4. The number of fused-ring (bicyclic) bond motifs is 1. The van der Waals surface area contributed by atoms with Gasteiger partial charge in [0.25, 0.3) is 5.91 Å². The number of aromatic nitrogens is 3. The van der Waals surface area contributed by atoms with Crippen LogP contribution in [0, 0.1) is 0 Å². The largest absolute Gasteiger partial charge is 0.497 e. The number of alkyl halides is 3. The van der Waals surface area contributed by atoms with Crippen molar-refractivity contribution < 1.29 is 35.9 Å². The molecule has 0 atom stereocenters. The molecule has 1 saturated heterocycles. The molecule has 0 saturated carbocycles. The molecule has 1 aliphatic heterocycles. The molecule has 1 N–H and O–H groups in total. The van der Waals surface area contributed by atoms with Crippen molar-refractivity contribution in [1.29, 1.82) is 0 Å². The van der Waals surface area contributed by atoms with Crippen molar-refractivity contribution in [3.8, 4) is 17.0 Å². The fourth-order valence-corrected chi connectivity index (χ4v) is 5.76. The molecule has 0 spiro atoms. The van der Waals surface area contributed by atoms with Crippen LogP contribution in [0.5, 0.6) is 5.75 Å². The Morgan fingerprint density at radius 1 is 1.10 bits per heavy atom. The number of amides is 1. The monoisotopic (exact) mass is 595 g/mol. The predicted octanol–water partition coefficient (Wildman–Crippen LogP) is 4.35. The Morgan fingerprint density at radius 3 is 2.45 bits per heavy atom. The van der Waals surface area contributed by atoms with Gasteiger partial charge in [0.05, 0.1) is 30.9 Å². The summed E-state index contributed by atoms with van der Waals surface area (Å²) in [5.41, 5.74) is -1.58. The van der Waals surface area contributed by atoms with Crippen LogP contribution < -0.4 is 10.1 Å². The van der Waals surface area contributed by atoms with E-state index >= 15 is 0 Å². The summed E-state index contributed by atoms with van der Waals surface area (Å²) in [5, 5.41) is 5.91. The fourth-order valence-electron chi connectivity index (χ4n) is 4.11. The Morgan fingerprint density at radius 2 is 1.80 bits per heavy atom. The van der Waals surface area contributed by atoms with E-state index in [4.69, 9.17) is 21.1 Å². The van der Waals surface area contributed by atoms with Crippen LogP contribution in [0.15, 0.2) is 59.5 Å². The Balaban J connectivity index is 1.46. The zero-order valence-corrected chi connectivity index (χ0v) is 22.3. The molecule has 5 rings (SSSR count). The van der Waals surface area contributed by atoms with Gasteiger partial charge < -0.3 is 14.8 Å². The number of methoxy groups -OCH3 is 1. The minimum Gasteiger partial charge on any atom is -0.497 e. The molecule has 40 heavy (non-hydrogen) atoms. The zero-order valence-electron chi connectivity index (χ0n) is 20.8. The average molecular weight is 596 g/mol. The lowest BCUT2D eigenvalue weighted by Gasteiger charge is -2.26. The number of sulfonamides is 1. The maximum Gasteiger partial charge on any atom is 0.433 e. The molecule has 1 fully saturated rings. The van der Waals surface area contributed by atoms with Crippen molar-refractivity contribution >= 4 is 38.9 Å². The number of halogens is 4. The molecule has 0 radical (unpaired) electrons. The fraction of sp³-hybridized carbons (Fsp3) is 0.240. The van der Waals surface area contributed by atoms with E-state index in [1.54, 1.807) is 18.2 Å². The summed E-state index contributed by atoms with van der Waals surface area (Å²) in [6.07, 6.45) is -4.85. The second-order valence-corrected chi connectivity index (χ2v) is 11.0. The summed E-state index contributed by atoms with van der Waals surface area (Å²) in [7, 11) is -2.33. The van der Waals surface area contributed by atoms with Gasteiger partial charge in [0, 0.05) is 24.3 Å². The Hall–Kier alpha value is -3.72. The molecule has 2 aromatic heterocycles. The second-order valence-electron chi connectivity index (χ2n) is 8.65. The number of hydrogen-bond acceptors (Lipinski definition) is 7. The molecule has 1 amide bonds. The van der Waals surface area contributed by atoms with Crippen molar-refractivity contribution in [1.82, 2.24) is 18.9 Å². The molecule has 210 valence electrons. The van der Waals surface area contributed by atoms with Gasteiger partial charge in [-0.25, -0.2) is 17.9 Å². The highest BCUT2D eigenvalue weighted by Crippen LogP contribution is 2.35. The molecule has 0 unspecified atom stereocenters. The van der Waals surface area contributed by atoms with E-state index in [1.165, 1.54) is 41.7 Å². The molecule has 4 aromatic rings. The summed E-state index contributed by atoms with van der Waals surface area (Å²) >= 11 is 6.34. The molecule has 0 bridgehead atoms. The van der Waals surface area contributed by atoms with Crippen molar-refractivity contribution in [2.24, 2.45) is 0 Å². The molecular weight excluding hydrogens is 575 g/mol. The maximum absolute atomic E-state index is 14.0. The summed E-state index contributed by atoms with van der Waals surface area (Å²) in [6.45, 7) is 1.03. The van der Waals surface area contributed by atoms with E-state index in [9.17, 15) is 26.4 Å². The SMILES string of the molecule is COc1cccc(-c2cc(C(F)(F)F)n3nc(C(=O)Nc4ccc(S(=O)(=O)N5CCOCC5)cc4)c(Cl)c3n2)c1. The highest BCUT2D eigenvalue weighted by molar-refractivity contribution is 7.89. The molecular formula is C25H21ClF3N5O5S. The van der Waals surface area contributed by atoms with E-state index in [2.05, 4.69) is 15.4 Å². The number of nitrogens with one attached hydrogen (secondary N) is 1. The van der Waals surface area contributed by atoms with Crippen molar-refractivity contribution in [3.63, 3.8) is 0 Å². The van der Waals surface area contributed by atoms with Crippen LogP contribution in [-0.4, -0.2) is 66.6 Å². The van der Waals surface area contributed by atoms with Gasteiger partial charge in [0.15, 0.2) is 17.0 Å². The van der Waals surface area contributed by atoms with E-state index < -0.39 is 33.5 Å². The first-order chi connectivity index (χ1) is 19.0. The van der Waals surface area contributed by atoms with E-state index in [1.807, 2.05) is 0 Å².